The Morgan fingerprint density at radius 1 is 1.40 bits per heavy atom. The summed E-state index contributed by atoms with van der Waals surface area (Å²) in [5.74, 6) is -1.15. The van der Waals surface area contributed by atoms with Gasteiger partial charge >= 0.3 is 0 Å². The van der Waals surface area contributed by atoms with Gasteiger partial charge in [-0.3, -0.25) is 25.0 Å². The van der Waals surface area contributed by atoms with Crippen molar-refractivity contribution in [1.29, 1.82) is 0 Å². The van der Waals surface area contributed by atoms with Gasteiger partial charge < -0.3 is 5.73 Å². The number of carbonyl (C=O) groups is 2. The molecule has 0 aliphatic heterocycles. The maximum atomic E-state index is 11.9. The second-order valence-electron chi connectivity index (χ2n) is 3.66. The van der Waals surface area contributed by atoms with Gasteiger partial charge in [0.1, 0.15) is 4.88 Å². The fourth-order valence-corrected chi connectivity index (χ4v) is 2.92. The monoisotopic (exact) mass is 312 g/mol. The number of nitrogens with zero attached hydrogens (tertiary/aromatic N) is 2. The van der Waals surface area contributed by atoms with Crippen molar-refractivity contribution < 1.29 is 14.5 Å². The van der Waals surface area contributed by atoms with E-state index in [0.29, 0.717) is 4.88 Å². The van der Waals surface area contributed by atoms with Crippen LogP contribution in [-0.4, -0.2) is 21.7 Å². The minimum atomic E-state index is -0.634. The van der Waals surface area contributed by atoms with Crippen LogP contribution in [0.4, 0.5) is 10.8 Å². The maximum Gasteiger partial charge on any atom is 0.283 e. The quantitative estimate of drug-likeness (QED) is 0.656. The molecule has 20 heavy (non-hydrogen) atoms. The molecule has 0 saturated heterocycles. The summed E-state index contributed by atoms with van der Waals surface area (Å²) in [6.07, 6.45) is 1.25. The Morgan fingerprint density at radius 2 is 2.10 bits per heavy atom. The summed E-state index contributed by atoms with van der Waals surface area (Å²) in [5, 5.41) is 13.4. The van der Waals surface area contributed by atoms with Crippen molar-refractivity contribution in [2.24, 2.45) is 5.73 Å². The molecule has 0 aromatic carbocycles. The molecule has 10 heteroatoms. The van der Waals surface area contributed by atoms with Gasteiger partial charge in [0.05, 0.1) is 20.9 Å². The zero-order valence-electron chi connectivity index (χ0n) is 10.1. The predicted molar refractivity (Wildman–Crippen MR) is 74.3 cm³/mol. The number of thiazole rings is 1. The second kappa shape index (κ2) is 5.35. The number of nitrogens with one attached hydrogen (secondary N) is 1. The smallest absolute Gasteiger partial charge is 0.283 e. The highest BCUT2D eigenvalue weighted by Crippen LogP contribution is 2.29. The number of nitrogens with two attached hydrogens (primary N) is 1. The van der Waals surface area contributed by atoms with Crippen LogP contribution in [0.5, 0.6) is 0 Å². The van der Waals surface area contributed by atoms with Crippen LogP contribution in [0, 0.1) is 17.0 Å². The Hall–Kier alpha value is -2.33. The van der Waals surface area contributed by atoms with Crippen LogP contribution in [0.3, 0.4) is 0 Å². The summed E-state index contributed by atoms with van der Waals surface area (Å²) in [5.41, 5.74) is 4.97. The number of hydrogen-bond donors (Lipinski definition) is 2. The third-order valence-corrected chi connectivity index (χ3v) is 4.25. The first-order chi connectivity index (χ1) is 9.38. The lowest BCUT2D eigenvalue weighted by Crippen LogP contribution is -2.10. The number of aromatic nitrogens is 1. The first kappa shape index (κ1) is 14.1. The Morgan fingerprint density at radius 3 is 2.60 bits per heavy atom. The fourth-order valence-electron chi connectivity index (χ4n) is 1.37. The molecule has 3 N–H and O–H groups in total. The van der Waals surface area contributed by atoms with E-state index in [1.165, 1.54) is 12.3 Å². The van der Waals surface area contributed by atoms with Crippen LogP contribution >= 0.6 is 22.7 Å². The second-order valence-corrected chi connectivity index (χ2v) is 5.94. The van der Waals surface area contributed by atoms with E-state index in [1.54, 1.807) is 6.92 Å². The normalized spacial score (nSPS) is 10.2. The van der Waals surface area contributed by atoms with E-state index in [2.05, 4.69) is 10.3 Å². The topological polar surface area (TPSA) is 128 Å². The van der Waals surface area contributed by atoms with Crippen molar-refractivity contribution in [2.75, 3.05) is 5.32 Å². The molecule has 0 bridgehead atoms. The zero-order chi connectivity index (χ0) is 14.9. The molecule has 2 amide bonds. The molecular formula is C10H8N4O4S2. The average Bonchev–Trinajstić information content (AvgIpc) is 2.95. The van der Waals surface area contributed by atoms with Gasteiger partial charge in [0.2, 0.25) is 0 Å². The van der Waals surface area contributed by atoms with E-state index >= 15 is 0 Å². The first-order valence-electron chi connectivity index (χ1n) is 5.20. The molecule has 2 heterocycles. The summed E-state index contributed by atoms with van der Waals surface area (Å²) in [6.45, 7) is 1.56. The van der Waals surface area contributed by atoms with Crippen molar-refractivity contribution in [2.45, 2.75) is 6.92 Å². The SMILES string of the molecule is Cc1sc(C(=O)Nc2ncc(C(N)=O)s2)cc1[N+](=O)[O-]. The largest absolute Gasteiger partial charge is 0.365 e. The lowest BCUT2D eigenvalue weighted by molar-refractivity contribution is -0.385. The minimum Gasteiger partial charge on any atom is -0.365 e. The standard InChI is InChI=1S/C10H8N4O4S2/c1-4-5(14(17)18)2-6(19-4)9(16)13-10-12-3-7(20-10)8(11)15/h2-3H,1H3,(H2,11,15)(H,12,13,16). The van der Waals surface area contributed by atoms with E-state index in [4.69, 9.17) is 5.73 Å². The summed E-state index contributed by atoms with van der Waals surface area (Å²) in [7, 11) is 0. The van der Waals surface area contributed by atoms with Crippen molar-refractivity contribution in [1.82, 2.24) is 4.98 Å². The molecule has 8 nitrogen and oxygen atoms in total. The van der Waals surface area contributed by atoms with Crippen molar-refractivity contribution >= 4 is 45.3 Å². The molecule has 0 spiro atoms. The van der Waals surface area contributed by atoms with Gasteiger partial charge in [-0.15, -0.1) is 11.3 Å². The summed E-state index contributed by atoms with van der Waals surface area (Å²) < 4.78 is 0. The molecule has 0 fully saturated rings. The van der Waals surface area contributed by atoms with E-state index in [0.717, 1.165) is 22.7 Å². The lowest BCUT2D eigenvalue weighted by atomic mass is 10.3. The third-order valence-electron chi connectivity index (χ3n) is 2.28. The number of thiophene rings is 1. The molecule has 104 valence electrons. The molecule has 2 aromatic heterocycles. The molecule has 2 rings (SSSR count). The molecule has 0 radical (unpaired) electrons. The number of hydrogen-bond acceptors (Lipinski definition) is 7. The number of rotatable bonds is 4. The molecule has 0 aliphatic rings. The van der Waals surface area contributed by atoms with Gasteiger partial charge in [-0.1, -0.05) is 11.3 Å². The Balaban J connectivity index is 2.17. The zero-order valence-corrected chi connectivity index (χ0v) is 11.7. The lowest BCUT2D eigenvalue weighted by Gasteiger charge is -1.96. The summed E-state index contributed by atoms with van der Waals surface area (Å²) in [6, 6.07) is 1.21. The number of nitro groups is 1. The molecule has 2 aromatic rings. The summed E-state index contributed by atoms with van der Waals surface area (Å²) in [4.78, 5) is 37.7. The Kier molecular flexibility index (Phi) is 3.77. The van der Waals surface area contributed by atoms with Crippen LogP contribution in [-0.2, 0) is 0 Å². The maximum absolute atomic E-state index is 11.9. The van der Waals surface area contributed by atoms with E-state index in [-0.39, 0.29) is 20.6 Å². The van der Waals surface area contributed by atoms with Crippen molar-refractivity contribution in [3.05, 3.63) is 37.0 Å². The predicted octanol–water partition coefficient (Wildman–Crippen LogP) is 1.77. The van der Waals surface area contributed by atoms with Crippen LogP contribution < -0.4 is 11.1 Å². The molecule has 0 aliphatic carbocycles. The van der Waals surface area contributed by atoms with Gasteiger partial charge in [-0.2, -0.15) is 0 Å². The number of primary amides is 1. The van der Waals surface area contributed by atoms with Gasteiger partial charge in [-0.25, -0.2) is 4.98 Å². The van der Waals surface area contributed by atoms with Gasteiger partial charge in [0.15, 0.2) is 5.13 Å². The average molecular weight is 312 g/mol. The number of carbonyl (C=O) groups excluding carboxylic acids is 2. The summed E-state index contributed by atoms with van der Waals surface area (Å²) >= 11 is 1.95. The Bertz CT molecular complexity index is 706. The molecule has 0 unspecified atom stereocenters. The third kappa shape index (κ3) is 2.81. The fraction of sp³-hybridized carbons (Fsp3) is 0.100. The van der Waals surface area contributed by atoms with Gasteiger partial charge in [0, 0.05) is 6.07 Å². The number of aryl methyl sites for hydroxylation is 1. The van der Waals surface area contributed by atoms with Crippen LogP contribution in [0.2, 0.25) is 0 Å². The van der Waals surface area contributed by atoms with Crippen LogP contribution in [0.15, 0.2) is 12.3 Å². The minimum absolute atomic E-state index is 0.0999. The molecule has 0 atom stereocenters. The number of anilines is 1. The van der Waals surface area contributed by atoms with Gasteiger partial charge in [-0.05, 0) is 6.92 Å². The highest BCUT2D eigenvalue weighted by atomic mass is 32.1. The highest BCUT2D eigenvalue weighted by Gasteiger charge is 2.20. The first-order valence-corrected chi connectivity index (χ1v) is 6.83. The van der Waals surface area contributed by atoms with E-state index in [9.17, 15) is 19.7 Å². The molecule has 0 saturated carbocycles. The van der Waals surface area contributed by atoms with E-state index < -0.39 is 16.7 Å². The van der Waals surface area contributed by atoms with Crippen molar-refractivity contribution in [3.8, 4) is 0 Å². The number of amides is 2. The van der Waals surface area contributed by atoms with Crippen LogP contribution in [0.1, 0.15) is 24.2 Å². The van der Waals surface area contributed by atoms with Gasteiger partial charge in [0.25, 0.3) is 17.5 Å². The highest BCUT2D eigenvalue weighted by molar-refractivity contribution is 7.18. The van der Waals surface area contributed by atoms with E-state index in [1.807, 2.05) is 0 Å². The van der Waals surface area contributed by atoms with Crippen LogP contribution in [0.25, 0.3) is 0 Å². The molecular weight excluding hydrogens is 304 g/mol. The Labute approximate surface area is 120 Å². The van der Waals surface area contributed by atoms with Crippen molar-refractivity contribution in [3.63, 3.8) is 0 Å².